The highest BCUT2D eigenvalue weighted by Crippen LogP contribution is 2.15. The zero-order valence-electron chi connectivity index (χ0n) is 9.97. The summed E-state index contributed by atoms with van der Waals surface area (Å²) in [4.78, 5) is 25.0. The molecule has 1 atom stereocenters. The van der Waals surface area contributed by atoms with Gasteiger partial charge in [0.15, 0.2) is 0 Å². The number of benzene rings is 1. The van der Waals surface area contributed by atoms with E-state index in [9.17, 15) is 9.59 Å². The Morgan fingerprint density at radius 1 is 1.41 bits per heavy atom. The lowest BCUT2D eigenvalue weighted by Crippen LogP contribution is -2.16. The summed E-state index contributed by atoms with van der Waals surface area (Å²) < 4.78 is 4.93. The second-order valence-electron chi connectivity index (χ2n) is 3.73. The average molecular weight is 233 g/mol. The van der Waals surface area contributed by atoms with E-state index < -0.39 is 0 Å². The van der Waals surface area contributed by atoms with Crippen LogP contribution < -0.4 is 0 Å². The maximum atomic E-state index is 11.4. The van der Waals surface area contributed by atoms with E-state index in [0.717, 1.165) is 5.56 Å². The summed E-state index contributed by atoms with van der Waals surface area (Å²) in [7, 11) is 0. The summed E-state index contributed by atoms with van der Waals surface area (Å²) in [5.74, 6) is -0.363. The fourth-order valence-electron chi connectivity index (χ4n) is 1.48. The molecule has 0 fully saturated rings. The van der Waals surface area contributed by atoms with Crippen molar-refractivity contribution in [2.75, 3.05) is 6.61 Å². The van der Waals surface area contributed by atoms with Gasteiger partial charge in [-0.2, -0.15) is 4.99 Å². The highest BCUT2D eigenvalue weighted by atomic mass is 16.5. The van der Waals surface area contributed by atoms with Gasteiger partial charge in [0.2, 0.25) is 6.08 Å². The van der Waals surface area contributed by atoms with Gasteiger partial charge in [0.25, 0.3) is 0 Å². The summed E-state index contributed by atoms with van der Waals surface area (Å²) in [6.45, 7) is 4.02. The minimum atomic E-state index is -0.192. The molecule has 1 aromatic rings. The molecule has 0 aliphatic rings. The molecule has 0 amide bonds. The van der Waals surface area contributed by atoms with E-state index in [0.29, 0.717) is 18.7 Å². The number of esters is 1. The zero-order chi connectivity index (χ0) is 12.7. The quantitative estimate of drug-likeness (QED) is 0.446. The molecule has 0 saturated heterocycles. The molecular weight excluding hydrogens is 218 g/mol. The lowest BCUT2D eigenvalue weighted by Gasteiger charge is -2.10. The van der Waals surface area contributed by atoms with Crippen LogP contribution in [0.1, 0.15) is 19.4 Å². The van der Waals surface area contributed by atoms with Gasteiger partial charge in [-0.15, -0.1) is 0 Å². The van der Waals surface area contributed by atoms with E-state index in [1.165, 1.54) is 6.08 Å². The molecule has 0 spiro atoms. The Kier molecular flexibility index (Phi) is 5.11. The Bertz CT molecular complexity index is 419. The van der Waals surface area contributed by atoms with Gasteiger partial charge in [-0.3, -0.25) is 4.79 Å². The van der Waals surface area contributed by atoms with Crippen LogP contribution in [0.4, 0.5) is 5.69 Å². The molecule has 0 heterocycles. The van der Waals surface area contributed by atoms with Gasteiger partial charge >= 0.3 is 5.97 Å². The Balaban J connectivity index is 2.62. The molecular formula is C13H15NO3. The van der Waals surface area contributed by atoms with Crippen LogP contribution in [0.25, 0.3) is 0 Å². The van der Waals surface area contributed by atoms with Crippen molar-refractivity contribution in [3.8, 4) is 0 Å². The second kappa shape index (κ2) is 6.61. The first kappa shape index (κ1) is 13.1. The van der Waals surface area contributed by atoms with Crippen molar-refractivity contribution in [1.29, 1.82) is 0 Å². The van der Waals surface area contributed by atoms with Gasteiger partial charge in [-0.1, -0.05) is 19.1 Å². The molecule has 0 aliphatic heterocycles. The highest BCUT2D eigenvalue weighted by molar-refractivity contribution is 5.72. The minimum Gasteiger partial charge on any atom is -0.466 e. The van der Waals surface area contributed by atoms with Crippen molar-refractivity contribution in [3.05, 3.63) is 29.8 Å². The average Bonchev–Trinajstić information content (AvgIpc) is 2.32. The highest BCUT2D eigenvalue weighted by Gasteiger charge is 2.14. The summed E-state index contributed by atoms with van der Waals surface area (Å²) in [6.07, 6.45) is 2.10. The van der Waals surface area contributed by atoms with Crippen molar-refractivity contribution in [2.24, 2.45) is 10.9 Å². The number of aliphatic imine (C=N–C) groups is 1. The summed E-state index contributed by atoms with van der Waals surface area (Å²) in [5.41, 5.74) is 1.57. The molecule has 0 radical (unpaired) electrons. The maximum absolute atomic E-state index is 11.4. The lowest BCUT2D eigenvalue weighted by atomic mass is 10.0. The zero-order valence-corrected chi connectivity index (χ0v) is 9.97. The molecule has 1 aromatic carbocycles. The first-order valence-electron chi connectivity index (χ1n) is 5.50. The van der Waals surface area contributed by atoms with Crippen molar-refractivity contribution >= 4 is 17.7 Å². The van der Waals surface area contributed by atoms with Crippen LogP contribution in [0.5, 0.6) is 0 Å². The van der Waals surface area contributed by atoms with Crippen molar-refractivity contribution in [1.82, 2.24) is 0 Å². The topological polar surface area (TPSA) is 55.7 Å². The molecule has 1 rings (SSSR count). The Hall–Kier alpha value is -1.93. The number of hydrogen-bond donors (Lipinski definition) is 0. The molecule has 0 aromatic heterocycles. The van der Waals surface area contributed by atoms with Crippen LogP contribution in [0.15, 0.2) is 29.3 Å². The number of isocyanates is 1. The molecule has 90 valence electrons. The number of carbonyl (C=O) groups is 1. The Morgan fingerprint density at radius 3 is 2.59 bits per heavy atom. The van der Waals surface area contributed by atoms with Crippen LogP contribution >= 0.6 is 0 Å². The molecule has 0 bridgehead atoms. The molecule has 4 nitrogen and oxygen atoms in total. The predicted octanol–water partition coefficient (Wildman–Crippen LogP) is 2.40. The number of nitrogens with zero attached hydrogens (tertiary/aromatic N) is 1. The molecule has 4 heteroatoms. The summed E-state index contributed by atoms with van der Waals surface area (Å²) in [5, 5.41) is 0. The minimum absolute atomic E-state index is 0.171. The smallest absolute Gasteiger partial charge is 0.308 e. The molecule has 1 unspecified atom stereocenters. The van der Waals surface area contributed by atoms with Crippen LogP contribution in [-0.4, -0.2) is 18.7 Å². The van der Waals surface area contributed by atoms with E-state index >= 15 is 0 Å². The van der Waals surface area contributed by atoms with E-state index in [4.69, 9.17) is 4.74 Å². The first-order chi connectivity index (χ1) is 8.17. The van der Waals surface area contributed by atoms with Crippen molar-refractivity contribution in [3.63, 3.8) is 0 Å². The Labute approximate surface area is 100 Å². The van der Waals surface area contributed by atoms with Gasteiger partial charge in [-0.05, 0) is 31.0 Å². The normalized spacial score (nSPS) is 11.4. The van der Waals surface area contributed by atoms with Crippen LogP contribution in [0.3, 0.4) is 0 Å². The third kappa shape index (κ3) is 4.21. The SMILES string of the molecule is CCOC(=O)C(C)Cc1ccc(N=C=O)cc1. The fraction of sp³-hybridized carbons (Fsp3) is 0.385. The number of rotatable bonds is 5. The molecule has 0 N–H and O–H groups in total. The predicted molar refractivity (Wildman–Crippen MR) is 63.7 cm³/mol. The van der Waals surface area contributed by atoms with Gasteiger partial charge in [-0.25, -0.2) is 4.79 Å². The van der Waals surface area contributed by atoms with Crippen LogP contribution in [0.2, 0.25) is 0 Å². The number of carbonyl (C=O) groups excluding carboxylic acids is 2. The monoisotopic (exact) mass is 233 g/mol. The summed E-state index contributed by atoms with van der Waals surface area (Å²) in [6, 6.07) is 7.12. The van der Waals surface area contributed by atoms with E-state index in [2.05, 4.69) is 4.99 Å². The molecule has 0 aliphatic carbocycles. The summed E-state index contributed by atoms with van der Waals surface area (Å²) >= 11 is 0. The van der Waals surface area contributed by atoms with E-state index in [-0.39, 0.29) is 11.9 Å². The van der Waals surface area contributed by atoms with E-state index in [1.54, 1.807) is 19.1 Å². The maximum Gasteiger partial charge on any atom is 0.308 e. The fourth-order valence-corrected chi connectivity index (χ4v) is 1.48. The first-order valence-corrected chi connectivity index (χ1v) is 5.50. The van der Waals surface area contributed by atoms with Gasteiger partial charge < -0.3 is 4.74 Å². The molecule has 0 saturated carbocycles. The number of hydrogen-bond acceptors (Lipinski definition) is 4. The van der Waals surface area contributed by atoms with Gasteiger partial charge in [0.1, 0.15) is 0 Å². The van der Waals surface area contributed by atoms with Crippen LogP contribution in [0, 0.1) is 5.92 Å². The second-order valence-corrected chi connectivity index (χ2v) is 3.73. The largest absolute Gasteiger partial charge is 0.466 e. The third-order valence-corrected chi connectivity index (χ3v) is 2.34. The van der Waals surface area contributed by atoms with Crippen LogP contribution in [-0.2, 0) is 20.7 Å². The van der Waals surface area contributed by atoms with Gasteiger partial charge in [0.05, 0.1) is 18.2 Å². The standard InChI is InChI=1S/C13H15NO3/c1-3-17-13(16)10(2)8-11-4-6-12(7-5-11)14-9-15/h4-7,10H,3,8H2,1-2H3. The van der Waals surface area contributed by atoms with Crippen molar-refractivity contribution in [2.45, 2.75) is 20.3 Å². The van der Waals surface area contributed by atoms with Gasteiger partial charge in [0, 0.05) is 0 Å². The lowest BCUT2D eigenvalue weighted by molar-refractivity contribution is -0.147. The number of ether oxygens (including phenoxy) is 1. The van der Waals surface area contributed by atoms with E-state index in [1.807, 2.05) is 19.1 Å². The molecule has 17 heavy (non-hydrogen) atoms. The third-order valence-electron chi connectivity index (χ3n) is 2.34. The Morgan fingerprint density at radius 2 is 2.06 bits per heavy atom. The van der Waals surface area contributed by atoms with Crippen molar-refractivity contribution < 1.29 is 14.3 Å².